The highest BCUT2D eigenvalue weighted by Crippen LogP contribution is 2.30. The van der Waals surface area contributed by atoms with Crippen LogP contribution in [0, 0.1) is 17.2 Å². The molecule has 0 radical (unpaired) electrons. The minimum Gasteiger partial charge on any atom is -0.463 e. The third-order valence-corrected chi connectivity index (χ3v) is 3.19. The standard InChI is InChI=1S/C14H19NO7/c1-7-11(5-15)22-12(6-19-8(2)16)14(21-10(4)18)13(7)20-9(3)17/h7,11-14H,6H2,1-4H3/t7-,11-,12+,13+,14+/m0/s1. The Balaban J connectivity index is 3.03. The highest BCUT2D eigenvalue weighted by Gasteiger charge is 2.48. The molecule has 1 saturated heterocycles. The first-order valence-electron chi connectivity index (χ1n) is 6.79. The first-order chi connectivity index (χ1) is 10.3. The maximum atomic E-state index is 11.3. The Morgan fingerprint density at radius 2 is 1.59 bits per heavy atom. The molecule has 122 valence electrons. The van der Waals surface area contributed by atoms with Crippen molar-refractivity contribution in [3.63, 3.8) is 0 Å². The van der Waals surface area contributed by atoms with Crippen LogP contribution in [0.2, 0.25) is 0 Å². The Hall–Kier alpha value is -2.14. The molecule has 0 unspecified atom stereocenters. The number of hydrogen-bond acceptors (Lipinski definition) is 8. The van der Waals surface area contributed by atoms with Gasteiger partial charge in [-0.3, -0.25) is 14.4 Å². The number of nitriles is 1. The van der Waals surface area contributed by atoms with Gasteiger partial charge in [0.05, 0.1) is 6.07 Å². The fourth-order valence-corrected chi connectivity index (χ4v) is 2.25. The van der Waals surface area contributed by atoms with E-state index in [1.807, 2.05) is 6.07 Å². The Bertz CT molecular complexity index is 484. The lowest BCUT2D eigenvalue weighted by Crippen LogP contribution is -2.57. The minimum absolute atomic E-state index is 0.212. The van der Waals surface area contributed by atoms with Crippen LogP contribution in [0.3, 0.4) is 0 Å². The first-order valence-corrected chi connectivity index (χ1v) is 6.79. The number of esters is 3. The van der Waals surface area contributed by atoms with Crippen molar-refractivity contribution >= 4 is 17.9 Å². The van der Waals surface area contributed by atoms with E-state index in [1.54, 1.807) is 6.92 Å². The summed E-state index contributed by atoms with van der Waals surface area (Å²) in [5.41, 5.74) is 0. The number of carbonyl (C=O) groups is 3. The lowest BCUT2D eigenvalue weighted by atomic mass is 9.88. The average Bonchev–Trinajstić information content (AvgIpc) is 2.41. The SMILES string of the molecule is CC(=O)OC[C@H]1O[C@@H](C#N)[C@H](C)[C@@H](OC(C)=O)[C@@H]1OC(C)=O. The summed E-state index contributed by atoms with van der Waals surface area (Å²) in [6, 6.07) is 1.95. The molecule has 0 aliphatic carbocycles. The third-order valence-electron chi connectivity index (χ3n) is 3.19. The third kappa shape index (κ3) is 4.70. The molecule has 22 heavy (non-hydrogen) atoms. The van der Waals surface area contributed by atoms with E-state index in [9.17, 15) is 14.4 Å². The molecule has 0 amide bonds. The van der Waals surface area contributed by atoms with Gasteiger partial charge in [-0.05, 0) is 0 Å². The van der Waals surface area contributed by atoms with Crippen molar-refractivity contribution < 1.29 is 33.3 Å². The van der Waals surface area contributed by atoms with E-state index in [4.69, 9.17) is 24.2 Å². The summed E-state index contributed by atoms with van der Waals surface area (Å²) in [4.78, 5) is 33.5. The van der Waals surface area contributed by atoms with Crippen molar-refractivity contribution in [1.82, 2.24) is 0 Å². The summed E-state index contributed by atoms with van der Waals surface area (Å²) in [7, 11) is 0. The van der Waals surface area contributed by atoms with Gasteiger partial charge in [0.25, 0.3) is 0 Å². The molecule has 1 aliphatic heterocycles. The highest BCUT2D eigenvalue weighted by molar-refractivity contribution is 5.67. The van der Waals surface area contributed by atoms with E-state index < -0.39 is 48.2 Å². The van der Waals surface area contributed by atoms with Gasteiger partial charge in [-0.25, -0.2) is 0 Å². The van der Waals surface area contributed by atoms with Crippen LogP contribution in [-0.4, -0.2) is 48.9 Å². The van der Waals surface area contributed by atoms with Crippen molar-refractivity contribution in [3.8, 4) is 6.07 Å². The molecule has 0 saturated carbocycles. The smallest absolute Gasteiger partial charge is 0.303 e. The van der Waals surface area contributed by atoms with E-state index >= 15 is 0 Å². The molecule has 0 bridgehead atoms. The Kier molecular flexibility index (Phi) is 6.31. The largest absolute Gasteiger partial charge is 0.463 e. The molecule has 0 aromatic carbocycles. The topological polar surface area (TPSA) is 112 Å². The molecule has 1 fully saturated rings. The van der Waals surface area contributed by atoms with E-state index in [0.717, 1.165) is 0 Å². The molecule has 0 aromatic rings. The van der Waals surface area contributed by atoms with Gasteiger partial charge in [-0.2, -0.15) is 5.26 Å². The molecule has 1 aliphatic rings. The van der Waals surface area contributed by atoms with Crippen LogP contribution in [0.5, 0.6) is 0 Å². The van der Waals surface area contributed by atoms with Gasteiger partial charge >= 0.3 is 17.9 Å². The zero-order chi connectivity index (χ0) is 16.9. The van der Waals surface area contributed by atoms with Crippen LogP contribution in [0.1, 0.15) is 27.7 Å². The molecule has 0 N–H and O–H groups in total. The van der Waals surface area contributed by atoms with Crippen molar-refractivity contribution in [2.75, 3.05) is 6.61 Å². The maximum Gasteiger partial charge on any atom is 0.303 e. The van der Waals surface area contributed by atoms with Crippen LogP contribution in [-0.2, 0) is 33.3 Å². The maximum absolute atomic E-state index is 11.3. The zero-order valence-electron chi connectivity index (χ0n) is 12.9. The molecule has 5 atom stereocenters. The lowest BCUT2D eigenvalue weighted by Gasteiger charge is -2.41. The monoisotopic (exact) mass is 313 g/mol. The van der Waals surface area contributed by atoms with Gasteiger partial charge in [-0.1, -0.05) is 6.92 Å². The van der Waals surface area contributed by atoms with Gasteiger partial charge in [0.2, 0.25) is 0 Å². The van der Waals surface area contributed by atoms with Crippen molar-refractivity contribution in [3.05, 3.63) is 0 Å². The van der Waals surface area contributed by atoms with Crippen LogP contribution in [0.4, 0.5) is 0 Å². The fourth-order valence-electron chi connectivity index (χ4n) is 2.25. The number of rotatable bonds is 4. The van der Waals surface area contributed by atoms with Gasteiger partial charge in [0.1, 0.15) is 18.8 Å². The van der Waals surface area contributed by atoms with Crippen molar-refractivity contribution in [1.29, 1.82) is 5.26 Å². The van der Waals surface area contributed by atoms with Gasteiger partial charge in [0.15, 0.2) is 12.2 Å². The summed E-state index contributed by atoms with van der Waals surface area (Å²) in [5.74, 6) is -2.21. The molecular weight excluding hydrogens is 294 g/mol. The van der Waals surface area contributed by atoms with Gasteiger partial charge in [-0.15, -0.1) is 0 Å². The summed E-state index contributed by atoms with van der Waals surface area (Å²) < 4.78 is 20.8. The molecule has 1 rings (SSSR count). The Morgan fingerprint density at radius 1 is 1.05 bits per heavy atom. The molecule has 1 heterocycles. The molecule has 0 aromatic heterocycles. The number of ether oxygens (including phenoxy) is 4. The van der Waals surface area contributed by atoms with E-state index in [2.05, 4.69) is 0 Å². The normalized spacial score (nSPS) is 30.8. The van der Waals surface area contributed by atoms with E-state index in [0.29, 0.717) is 0 Å². The summed E-state index contributed by atoms with van der Waals surface area (Å²) in [6.07, 6.45) is -3.59. The quantitative estimate of drug-likeness (QED) is 0.539. The predicted molar refractivity (Wildman–Crippen MR) is 71.2 cm³/mol. The van der Waals surface area contributed by atoms with Crippen LogP contribution in [0.15, 0.2) is 0 Å². The second-order valence-corrected chi connectivity index (χ2v) is 5.03. The van der Waals surface area contributed by atoms with Crippen molar-refractivity contribution in [2.45, 2.75) is 52.1 Å². The second-order valence-electron chi connectivity index (χ2n) is 5.03. The Morgan fingerprint density at radius 3 is 2.05 bits per heavy atom. The zero-order valence-corrected chi connectivity index (χ0v) is 12.9. The minimum atomic E-state index is -0.958. The second kappa shape index (κ2) is 7.75. The van der Waals surface area contributed by atoms with Crippen LogP contribution < -0.4 is 0 Å². The first kappa shape index (κ1) is 17.9. The summed E-state index contributed by atoms with van der Waals surface area (Å²) >= 11 is 0. The predicted octanol–water partition coefficient (Wildman–Crippen LogP) is 0.340. The van der Waals surface area contributed by atoms with E-state index in [-0.39, 0.29) is 6.61 Å². The Labute approximate surface area is 128 Å². The molecule has 8 nitrogen and oxygen atoms in total. The fraction of sp³-hybridized carbons (Fsp3) is 0.714. The molecular formula is C14H19NO7. The average molecular weight is 313 g/mol. The lowest BCUT2D eigenvalue weighted by molar-refractivity contribution is -0.222. The number of nitrogens with zero attached hydrogens (tertiary/aromatic N) is 1. The molecule has 8 heteroatoms. The van der Waals surface area contributed by atoms with Gasteiger partial charge in [0, 0.05) is 26.7 Å². The number of carbonyl (C=O) groups excluding carboxylic acids is 3. The summed E-state index contributed by atoms with van der Waals surface area (Å²) in [5, 5.41) is 9.15. The van der Waals surface area contributed by atoms with Crippen LogP contribution >= 0.6 is 0 Å². The highest BCUT2D eigenvalue weighted by atomic mass is 16.6. The summed E-state index contributed by atoms with van der Waals surface area (Å²) in [6.45, 7) is 5.08. The number of hydrogen-bond donors (Lipinski definition) is 0. The van der Waals surface area contributed by atoms with Gasteiger partial charge < -0.3 is 18.9 Å². The van der Waals surface area contributed by atoms with E-state index in [1.165, 1.54) is 20.8 Å². The molecule has 0 spiro atoms. The van der Waals surface area contributed by atoms with Crippen LogP contribution in [0.25, 0.3) is 0 Å². The van der Waals surface area contributed by atoms with Crippen molar-refractivity contribution in [2.24, 2.45) is 5.92 Å².